The quantitative estimate of drug-likeness (QED) is 0.507. The second-order valence-electron chi connectivity index (χ2n) is 5.45. The van der Waals surface area contributed by atoms with Crippen LogP contribution in [0.1, 0.15) is 50.1 Å². The van der Waals surface area contributed by atoms with Crippen LogP contribution in [0.15, 0.2) is 18.2 Å². The standard InChI is InChI=1S/C15H22F2N2O/c1-20-15(8-4-2-3-5-9-15)14(19-18)12-10-11(16)6-7-13(12)17/h6-7,10,14,19H,2-5,8-9,18H2,1H3. The van der Waals surface area contributed by atoms with Gasteiger partial charge in [0.1, 0.15) is 11.6 Å². The number of nitrogens with one attached hydrogen (secondary N) is 1. The van der Waals surface area contributed by atoms with Crippen LogP contribution in [-0.4, -0.2) is 12.7 Å². The number of benzene rings is 1. The van der Waals surface area contributed by atoms with Gasteiger partial charge in [-0.15, -0.1) is 0 Å². The third-order valence-electron chi connectivity index (χ3n) is 4.32. The van der Waals surface area contributed by atoms with Crippen LogP contribution in [0.2, 0.25) is 0 Å². The molecular weight excluding hydrogens is 262 g/mol. The molecule has 0 aromatic heterocycles. The van der Waals surface area contributed by atoms with E-state index in [1.807, 2.05) is 0 Å². The van der Waals surface area contributed by atoms with Crippen molar-refractivity contribution in [3.05, 3.63) is 35.4 Å². The number of methoxy groups -OCH3 is 1. The van der Waals surface area contributed by atoms with Gasteiger partial charge in [0.15, 0.2) is 0 Å². The third-order valence-corrected chi connectivity index (χ3v) is 4.32. The van der Waals surface area contributed by atoms with E-state index in [9.17, 15) is 8.78 Å². The molecule has 1 aliphatic carbocycles. The number of halogens is 2. The zero-order valence-electron chi connectivity index (χ0n) is 11.8. The highest BCUT2D eigenvalue weighted by Gasteiger charge is 2.41. The van der Waals surface area contributed by atoms with Crippen LogP contribution in [0.3, 0.4) is 0 Å². The Labute approximate surface area is 118 Å². The van der Waals surface area contributed by atoms with Gasteiger partial charge in [0, 0.05) is 12.7 Å². The number of ether oxygens (including phenoxy) is 1. The van der Waals surface area contributed by atoms with E-state index in [0.717, 1.165) is 50.7 Å². The molecule has 1 aromatic carbocycles. The molecule has 1 fully saturated rings. The molecule has 112 valence electrons. The summed E-state index contributed by atoms with van der Waals surface area (Å²) in [4.78, 5) is 0. The van der Waals surface area contributed by atoms with E-state index in [4.69, 9.17) is 10.6 Å². The molecular formula is C15H22F2N2O. The molecule has 0 spiro atoms. The van der Waals surface area contributed by atoms with Crippen molar-refractivity contribution in [1.82, 2.24) is 5.43 Å². The first-order chi connectivity index (χ1) is 9.63. The highest BCUT2D eigenvalue weighted by molar-refractivity contribution is 5.25. The van der Waals surface area contributed by atoms with Gasteiger partial charge in [-0.25, -0.2) is 14.2 Å². The van der Waals surface area contributed by atoms with Crippen LogP contribution >= 0.6 is 0 Å². The summed E-state index contributed by atoms with van der Waals surface area (Å²) in [5, 5.41) is 0. The third kappa shape index (κ3) is 3.00. The Morgan fingerprint density at radius 1 is 1.20 bits per heavy atom. The zero-order valence-corrected chi connectivity index (χ0v) is 11.8. The molecule has 0 aliphatic heterocycles. The van der Waals surface area contributed by atoms with Gasteiger partial charge in [0.2, 0.25) is 0 Å². The van der Waals surface area contributed by atoms with Gasteiger partial charge in [-0.2, -0.15) is 0 Å². The van der Waals surface area contributed by atoms with E-state index in [1.165, 1.54) is 6.07 Å². The van der Waals surface area contributed by atoms with Crippen molar-refractivity contribution in [1.29, 1.82) is 0 Å². The van der Waals surface area contributed by atoms with Crippen molar-refractivity contribution in [2.24, 2.45) is 5.84 Å². The highest BCUT2D eigenvalue weighted by atomic mass is 19.1. The Morgan fingerprint density at radius 3 is 2.40 bits per heavy atom. The fourth-order valence-corrected chi connectivity index (χ4v) is 3.20. The molecule has 0 heterocycles. The molecule has 1 aliphatic rings. The van der Waals surface area contributed by atoms with Crippen molar-refractivity contribution in [2.75, 3.05) is 7.11 Å². The Hall–Kier alpha value is -1.04. The first kappa shape index (κ1) is 15.4. The van der Waals surface area contributed by atoms with E-state index < -0.39 is 23.3 Å². The van der Waals surface area contributed by atoms with Crippen molar-refractivity contribution in [3.8, 4) is 0 Å². The Balaban J connectivity index is 2.40. The van der Waals surface area contributed by atoms with Crippen LogP contribution < -0.4 is 11.3 Å². The maximum absolute atomic E-state index is 14.1. The second kappa shape index (κ2) is 6.61. The average Bonchev–Trinajstić information content (AvgIpc) is 2.70. The predicted octanol–water partition coefficient (Wildman–Crippen LogP) is 3.21. The fraction of sp³-hybridized carbons (Fsp3) is 0.600. The molecule has 0 radical (unpaired) electrons. The molecule has 3 nitrogen and oxygen atoms in total. The molecule has 1 aromatic rings. The second-order valence-corrected chi connectivity index (χ2v) is 5.45. The summed E-state index contributed by atoms with van der Waals surface area (Å²) in [7, 11) is 1.62. The SMILES string of the molecule is COC1(C(NN)c2cc(F)ccc2F)CCCCCC1. The molecule has 0 amide bonds. The smallest absolute Gasteiger partial charge is 0.128 e. The number of hydrazine groups is 1. The average molecular weight is 284 g/mol. The summed E-state index contributed by atoms with van der Waals surface area (Å²) in [5.41, 5.74) is 2.29. The van der Waals surface area contributed by atoms with Crippen molar-refractivity contribution in [2.45, 2.75) is 50.2 Å². The van der Waals surface area contributed by atoms with Crippen LogP contribution in [0, 0.1) is 11.6 Å². The van der Waals surface area contributed by atoms with Gasteiger partial charge in [0.05, 0.1) is 11.6 Å². The molecule has 1 unspecified atom stereocenters. The fourth-order valence-electron chi connectivity index (χ4n) is 3.20. The number of hydrogen-bond donors (Lipinski definition) is 2. The lowest BCUT2D eigenvalue weighted by atomic mass is 9.82. The molecule has 2 rings (SSSR count). The van der Waals surface area contributed by atoms with E-state index in [1.54, 1.807) is 7.11 Å². The van der Waals surface area contributed by atoms with Crippen LogP contribution in [0.5, 0.6) is 0 Å². The van der Waals surface area contributed by atoms with Crippen LogP contribution in [0.4, 0.5) is 8.78 Å². The van der Waals surface area contributed by atoms with E-state index in [0.29, 0.717) is 0 Å². The molecule has 3 N–H and O–H groups in total. The van der Waals surface area contributed by atoms with Crippen LogP contribution in [-0.2, 0) is 4.74 Å². The highest BCUT2D eigenvalue weighted by Crippen LogP contribution is 2.40. The van der Waals surface area contributed by atoms with Gasteiger partial charge < -0.3 is 4.74 Å². The van der Waals surface area contributed by atoms with Crippen molar-refractivity contribution in [3.63, 3.8) is 0 Å². The van der Waals surface area contributed by atoms with Gasteiger partial charge in [0.25, 0.3) is 0 Å². The number of rotatable bonds is 4. The van der Waals surface area contributed by atoms with Gasteiger partial charge in [-0.05, 0) is 31.0 Å². The van der Waals surface area contributed by atoms with E-state index >= 15 is 0 Å². The lowest BCUT2D eigenvalue weighted by Crippen LogP contribution is -2.48. The Bertz CT molecular complexity index is 445. The van der Waals surface area contributed by atoms with Gasteiger partial charge in [-0.3, -0.25) is 5.84 Å². The Kier molecular flexibility index (Phi) is 5.07. The van der Waals surface area contributed by atoms with E-state index in [2.05, 4.69) is 5.43 Å². The lowest BCUT2D eigenvalue weighted by molar-refractivity contribution is -0.0549. The van der Waals surface area contributed by atoms with Gasteiger partial charge >= 0.3 is 0 Å². The minimum absolute atomic E-state index is 0.233. The summed E-state index contributed by atoms with van der Waals surface area (Å²) in [6.07, 6.45) is 5.84. The topological polar surface area (TPSA) is 47.3 Å². The van der Waals surface area contributed by atoms with Crippen molar-refractivity contribution >= 4 is 0 Å². The first-order valence-corrected chi connectivity index (χ1v) is 7.09. The summed E-state index contributed by atoms with van der Waals surface area (Å²) in [5.74, 6) is 4.71. The normalized spacial score (nSPS) is 20.4. The summed E-state index contributed by atoms with van der Waals surface area (Å²) >= 11 is 0. The van der Waals surface area contributed by atoms with Crippen LogP contribution in [0.25, 0.3) is 0 Å². The lowest BCUT2D eigenvalue weighted by Gasteiger charge is -2.39. The first-order valence-electron chi connectivity index (χ1n) is 7.09. The molecule has 0 saturated heterocycles. The molecule has 1 atom stereocenters. The predicted molar refractivity (Wildman–Crippen MR) is 73.9 cm³/mol. The Morgan fingerprint density at radius 2 is 1.85 bits per heavy atom. The minimum atomic E-state index is -0.583. The molecule has 0 bridgehead atoms. The summed E-state index contributed by atoms with van der Waals surface area (Å²) in [6.45, 7) is 0. The molecule has 5 heteroatoms. The molecule has 20 heavy (non-hydrogen) atoms. The largest absolute Gasteiger partial charge is 0.376 e. The zero-order chi connectivity index (χ0) is 14.6. The summed E-state index contributed by atoms with van der Waals surface area (Å²) in [6, 6.07) is 2.89. The van der Waals surface area contributed by atoms with Crippen molar-refractivity contribution < 1.29 is 13.5 Å². The molecule has 1 saturated carbocycles. The monoisotopic (exact) mass is 284 g/mol. The maximum Gasteiger partial charge on any atom is 0.128 e. The van der Waals surface area contributed by atoms with Gasteiger partial charge in [-0.1, -0.05) is 25.7 Å². The summed E-state index contributed by atoms with van der Waals surface area (Å²) < 4.78 is 33.2. The van der Waals surface area contributed by atoms with E-state index in [-0.39, 0.29) is 5.56 Å². The number of nitrogens with two attached hydrogens (primary N) is 1. The number of hydrogen-bond acceptors (Lipinski definition) is 3. The minimum Gasteiger partial charge on any atom is -0.376 e. The maximum atomic E-state index is 14.1.